The second kappa shape index (κ2) is 4.90. The Hall–Kier alpha value is -1.07. The van der Waals surface area contributed by atoms with Crippen molar-refractivity contribution < 1.29 is 0 Å². The largest absolute Gasteiger partial charge is 0.383 e. The van der Waals surface area contributed by atoms with E-state index >= 15 is 0 Å². The molecule has 1 aromatic carbocycles. The molecule has 0 bridgehead atoms. The minimum absolute atomic E-state index is 0.635. The van der Waals surface area contributed by atoms with Gasteiger partial charge < -0.3 is 11.1 Å². The maximum absolute atomic E-state index is 5.92. The van der Waals surface area contributed by atoms with E-state index in [0.29, 0.717) is 11.7 Å². The monoisotopic (exact) mass is 323 g/mol. The summed E-state index contributed by atoms with van der Waals surface area (Å²) in [4.78, 5) is 0. The number of aromatic nitrogens is 1. The Morgan fingerprint density at radius 3 is 2.72 bits per heavy atom. The zero-order valence-corrected chi connectivity index (χ0v) is 12.2. The van der Waals surface area contributed by atoms with Gasteiger partial charge in [0.2, 0.25) is 0 Å². The molecule has 3 N–H and O–H groups in total. The van der Waals surface area contributed by atoms with Gasteiger partial charge in [0.1, 0.15) is 10.8 Å². The molecule has 0 atom stereocenters. The zero-order valence-electron chi connectivity index (χ0n) is 9.82. The van der Waals surface area contributed by atoms with Crippen LogP contribution in [0, 0.1) is 0 Å². The van der Waals surface area contributed by atoms with Crippen molar-refractivity contribution in [2.45, 2.75) is 25.3 Å². The predicted octanol–water partition coefficient (Wildman–Crippen LogP) is 3.98. The number of nitrogens with two attached hydrogens (primary N) is 1. The molecule has 1 aromatic heterocycles. The van der Waals surface area contributed by atoms with Gasteiger partial charge in [-0.25, -0.2) is 0 Å². The van der Waals surface area contributed by atoms with Gasteiger partial charge in [-0.15, -0.1) is 0 Å². The molecule has 1 aliphatic rings. The van der Waals surface area contributed by atoms with Crippen LogP contribution in [0.1, 0.15) is 29.9 Å². The lowest BCUT2D eigenvalue weighted by Gasteiger charge is -2.06. The first kappa shape index (κ1) is 12.0. The van der Waals surface area contributed by atoms with E-state index in [0.717, 1.165) is 16.0 Å². The number of nitrogens with one attached hydrogen (secondary N) is 1. The summed E-state index contributed by atoms with van der Waals surface area (Å²) in [6, 6.07) is 8.33. The Labute approximate surface area is 119 Å². The van der Waals surface area contributed by atoms with Crippen LogP contribution in [0.15, 0.2) is 28.7 Å². The summed E-state index contributed by atoms with van der Waals surface area (Å²) in [5.41, 5.74) is 8.41. The minimum atomic E-state index is 0.635. The van der Waals surface area contributed by atoms with Crippen molar-refractivity contribution in [1.29, 1.82) is 0 Å². The quantitative estimate of drug-likeness (QED) is 0.894. The van der Waals surface area contributed by atoms with Gasteiger partial charge >= 0.3 is 0 Å². The molecule has 1 fully saturated rings. The molecule has 0 radical (unpaired) electrons. The summed E-state index contributed by atoms with van der Waals surface area (Å²) >= 11 is 4.91. The summed E-state index contributed by atoms with van der Waals surface area (Å²) in [6.45, 7) is 0.814. The Kier molecular flexibility index (Phi) is 3.26. The fourth-order valence-electron chi connectivity index (χ4n) is 1.99. The first-order chi connectivity index (χ1) is 8.74. The summed E-state index contributed by atoms with van der Waals surface area (Å²) in [5, 5.41) is 4.59. The van der Waals surface area contributed by atoms with E-state index in [-0.39, 0.29) is 0 Å². The van der Waals surface area contributed by atoms with Crippen molar-refractivity contribution in [2.75, 3.05) is 11.1 Å². The van der Waals surface area contributed by atoms with Crippen molar-refractivity contribution in [3.05, 3.63) is 39.9 Å². The Morgan fingerprint density at radius 1 is 1.33 bits per heavy atom. The van der Waals surface area contributed by atoms with Gasteiger partial charge in [-0.3, -0.25) is 0 Å². The maximum atomic E-state index is 5.92. The molecular formula is C13H14BrN3S. The Morgan fingerprint density at radius 2 is 2.06 bits per heavy atom. The van der Waals surface area contributed by atoms with Gasteiger partial charge in [-0.2, -0.15) is 4.37 Å². The van der Waals surface area contributed by atoms with E-state index in [2.05, 4.69) is 49.9 Å². The third kappa shape index (κ3) is 2.52. The highest BCUT2D eigenvalue weighted by atomic mass is 79.9. The fraction of sp³-hybridized carbons (Fsp3) is 0.308. The fourth-order valence-corrected chi connectivity index (χ4v) is 3.05. The van der Waals surface area contributed by atoms with Crippen molar-refractivity contribution in [2.24, 2.45) is 0 Å². The van der Waals surface area contributed by atoms with E-state index in [1.165, 1.54) is 35.5 Å². The number of anilines is 2. The molecule has 0 aliphatic heterocycles. The van der Waals surface area contributed by atoms with Crippen LogP contribution >= 0.6 is 27.5 Å². The van der Waals surface area contributed by atoms with Crippen molar-refractivity contribution in [3.63, 3.8) is 0 Å². The number of rotatable bonds is 4. The number of hydrogen-bond acceptors (Lipinski definition) is 4. The highest BCUT2D eigenvalue weighted by Crippen LogP contribution is 2.47. The molecule has 2 aromatic rings. The van der Waals surface area contributed by atoms with Gasteiger partial charge in [0.25, 0.3) is 0 Å². The lowest BCUT2D eigenvalue weighted by molar-refractivity contribution is 1.10. The van der Waals surface area contributed by atoms with Crippen LogP contribution in [0.4, 0.5) is 10.8 Å². The second-order valence-corrected chi connectivity index (χ2v) is 6.25. The molecule has 3 rings (SSSR count). The molecule has 5 heteroatoms. The van der Waals surface area contributed by atoms with E-state index in [1.54, 1.807) is 0 Å². The molecular weight excluding hydrogens is 310 g/mol. The van der Waals surface area contributed by atoms with E-state index in [4.69, 9.17) is 5.73 Å². The smallest absolute Gasteiger partial charge is 0.142 e. The SMILES string of the molecule is Nc1nsc(NCc2ccc(Br)cc2)c1C1CC1. The lowest BCUT2D eigenvalue weighted by atomic mass is 10.2. The van der Waals surface area contributed by atoms with E-state index in [9.17, 15) is 0 Å². The zero-order chi connectivity index (χ0) is 12.5. The molecule has 1 saturated carbocycles. The molecule has 0 saturated heterocycles. The number of nitrogen functional groups attached to an aromatic ring is 1. The van der Waals surface area contributed by atoms with Crippen LogP contribution in [0.2, 0.25) is 0 Å². The third-order valence-electron chi connectivity index (χ3n) is 3.11. The topological polar surface area (TPSA) is 50.9 Å². The maximum Gasteiger partial charge on any atom is 0.142 e. The van der Waals surface area contributed by atoms with Gasteiger partial charge in [0, 0.05) is 16.6 Å². The number of nitrogens with zero attached hydrogens (tertiary/aromatic N) is 1. The lowest BCUT2D eigenvalue weighted by Crippen LogP contribution is -2.00. The highest BCUT2D eigenvalue weighted by Gasteiger charge is 2.30. The average molecular weight is 324 g/mol. The molecule has 0 spiro atoms. The van der Waals surface area contributed by atoms with E-state index < -0.39 is 0 Å². The second-order valence-electron chi connectivity index (χ2n) is 4.56. The molecule has 3 nitrogen and oxygen atoms in total. The molecule has 0 unspecified atom stereocenters. The predicted molar refractivity (Wildman–Crippen MR) is 80.0 cm³/mol. The summed E-state index contributed by atoms with van der Waals surface area (Å²) in [5.74, 6) is 1.34. The standard InChI is InChI=1S/C13H14BrN3S/c14-10-5-1-8(2-6-10)7-16-13-11(9-3-4-9)12(15)17-18-13/h1-2,5-6,9,16H,3-4,7H2,(H2,15,17). The van der Waals surface area contributed by atoms with Gasteiger partial charge in [0.05, 0.1) is 0 Å². The Bertz CT molecular complexity index is 546. The molecule has 1 heterocycles. The first-order valence-corrected chi connectivity index (χ1v) is 7.54. The van der Waals surface area contributed by atoms with Gasteiger partial charge in [-0.1, -0.05) is 28.1 Å². The normalized spacial score (nSPS) is 14.7. The number of benzene rings is 1. The summed E-state index contributed by atoms with van der Waals surface area (Å²) in [6.07, 6.45) is 2.49. The molecule has 94 valence electrons. The van der Waals surface area contributed by atoms with Gasteiger partial charge in [0.15, 0.2) is 0 Å². The molecule has 0 amide bonds. The molecule has 1 aliphatic carbocycles. The van der Waals surface area contributed by atoms with Crippen molar-refractivity contribution in [1.82, 2.24) is 4.37 Å². The van der Waals surface area contributed by atoms with Crippen LogP contribution in [0.5, 0.6) is 0 Å². The third-order valence-corrected chi connectivity index (χ3v) is 4.47. The van der Waals surface area contributed by atoms with Crippen molar-refractivity contribution in [3.8, 4) is 0 Å². The first-order valence-electron chi connectivity index (χ1n) is 5.97. The summed E-state index contributed by atoms with van der Waals surface area (Å²) in [7, 11) is 0. The average Bonchev–Trinajstić information content (AvgIpc) is 3.13. The van der Waals surface area contributed by atoms with Crippen LogP contribution in [-0.2, 0) is 6.54 Å². The van der Waals surface area contributed by atoms with Crippen LogP contribution in [-0.4, -0.2) is 4.37 Å². The van der Waals surface area contributed by atoms with Crippen LogP contribution in [0.25, 0.3) is 0 Å². The highest BCUT2D eigenvalue weighted by molar-refractivity contribution is 9.10. The van der Waals surface area contributed by atoms with Crippen LogP contribution in [0.3, 0.4) is 0 Å². The van der Waals surface area contributed by atoms with Crippen LogP contribution < -0.4 is 11.1 Å². The van der Waals surface area contributed by atoms with E-state index in [1.807, 2.05) is 0 Å². The number of halogens is 1. The van der Waals surface area contributed by atoms with Gasteiger partial charge in [-0.05, 0) is 48.0 Å². The summed E-state index contributed by atoms with van der Waals surface area (Å²) < 4.78 is 5.36. The molecule has 18 heavy (non-hydrogen) atoms. The number of hydrogen-bond donors (Lipinski definition) is 2. The minimum Gasteiger partial charge on any atom is -0.383 e. The van der Waals surface area contributed by atoms with Crippen molar-refractivity contribution >= 4 is 38.3 Å². The Balaban J connectivity index is 1.71.